The number of carbonyl (C=O) groups is 2. The molecule has 0 bridgehead atoms. The number of benzene rings is 2. The van der Waals surface area contributed by atoms with Gasteiger partial charge in [0.15, 0.2) is 0 Å². The van der Waals surface area contributed by atoms with Gasteiger partial charge in [0.05, 0.1) is 0 Å². The standard InChI is InChI=1S/2C9H10O.2CH2O3.2CHO2.Ba.3Cd/c2*1-2-5-8-6-3-4-7-9(8)10;2*2-1(3)4;2*2-1-3;;;;/h2*2-4,6-7,10H,1,5H2;2*(H2,2,3,4);2*(H,2,3);;;;/q;;;;2*-1;4*+2/p-6. The van der Waals surface area contributed by atoms with E-state index in [0.717, 1.165) is 11.1 Å². The molecule has 0 aliphatic rings. The number of hydrogen-bond donors (Lipinski definition) is 2. The molecule has 0 fully saturated rings. The Morgan fingerprint density at radius 3 is 1.03 bits per heavy atom. The van der Waals surface area contributed by atoms with Crippen molar-refractivity contribution in [3.8, 4) is 11.5 Å². The Labute approximate surface area is 320 Å². The van der Waals surface area contributed by atoms with Crippen molar-refractivity contribution >= 4 is 74.1 Å². The fourth-order valence-corrected chi connectivity index (χ4v) is 1.66. The minimum absolute atomic E-state index is 0. The molecule has 2 aromatic carbocycles. The van der Waals surface area contributed by atoms with Gasteiger partial charge in [-0.3, -0.25) is 0 Å². The summed E-state index contributed by atoms with van der Waals surface area (Å²) in [5.41, 5.74) is 1.63. The van der Waals surface area contributed by atoms with Crippen LogP contribution in [0.2, 0.25) is 0 Å². The van der Waals surface area contributed by atoms with Crippen molar-refractivity contribution in [2.75, 3.05) is 0 Å². The molecule has 0 aliphatic carbocycles. The van der Waals surface area contributed by atoms with Crippen LogP contribution in [0.15, 0.2) is 73.8 Å². The number of para-hydroxylation sites is 2. The molecule has 0 amide bonds. The molecule has 0 aliphatic heterocycles. The molecule has 0 radical (unpaired) electrons. The van der Waals surface area contributed by atoms with Gasteiger partial charge in [0, 0.05) is 0 Å². The Kier molecular flexibility index (Phi) is 69.7. The summed E-state index contributed by atoms with van der Waals surface area (Å²) < 4.78 is 0. The number of carbonyl (C=O) groups excluding carboxylic acids is 2. The minimum atomic E-state index is -2.33. The van der Waals surface area contributed by atoms with E-state index in [1.165, 1.54) is 0 Å². The first kappa shape index (κ1) is 57.3. The van der Waals surface area contributed by atoms with Gasteiger partial charge in [0.25, 0.3) is 0 Å². The molecule has 38 heavy (non-hydrogen) atoms. The van der Waals surface area contributed by atoms with E-state index in [2.05, 4.69) is 13.2 Å². The van der Waals surface area contributed by atoms with Gasteiger partial charge < -0.3 is 60.0 Å². The van der Waals surface area contributed by atoms with Crippen molar-refractivity contribution in [3.05, 3.63) is 85.0 Å². The number of aliphatic hydroxyl groups excluding tert-OH is 2. The molecule has 0 saturated heterocycles. The monoisotopic (exact) mass is 956 g/mol. The van der Waals surface area contributed by atoms with Crippen LogP contribution in [-0.4, -0.2) is 84.3 Å². The van der Waals surface area contributed by atoms with E-state index >= 15 is 0 Å². The molecule has 0 atom stereocenters. The van der Waals surface area contributed by atoms with Crippen LogP contribution in [0.3, 0.4) is 0 Å². The summed E-state index contributed by atoms with van der Waals surface area (Å²) in [4.78, 5) is 33.1. The SMILES string of the molecule is C=CCc1ccccc1[O-].C=CCc1ccccc1[O-].O=C([O-])[O-].O=C([O-])[O-].O=[C-]O.O=[C-]O.[Ba+2].[Cd+2].[Cd+2].[Cd+2]. The second kappa shape index (κ2) is 46.2. The summed E-state index contributed by atoms with van der Waals surface area (Å²) in [6.07, 6.45) is 0.132. The summed E-state index contributed by atoms with van der Waals surface area (Å²) in [5.74, 6) is 0.199. The molecule has 16 heteroatoms. The zero-order valence-corrected chi connectivity index (χ0v) is 37.0. The van der Waals surface area contributed by atoms with Crippen molar-refractivity contribution in [2.24, 2.45) is 0 Å². The van der Waals surface area contributed by atoms with Crippen LogP contribution < -0.4 is 30.6 Å². The zero-order chi connectivity index (χ0) is 27.4. The van der Waals surface area contributed by atoms with Crippen molar-refractivity contribution in [1.29, 1.82) is 0 Å². The molecule has 2 N–H and O–H groups in total. The number of allylic oxidation sites excluding steroid dienone is 2. The maximum absolute atomic E-state index is 11.0. The number of carboxylic acid groups (broad SMARTS) is 4. The third kappa shape index (κ3) is 55.8. The first-order valence-electron chi connectivity index (χ1n) is 8.48. The van der Waals surface area contributed by atoms with E-state index in [1.807, 2.05) is 24.3 Å². The molecule has 0 unspecified atom stereocenters. The van der Waals surface area contributed by atoms with Crippen molar-refractivity contribution in [1.82, 2.24) is 0 Å². The third-order valence-electron chi connectivity index (χ3n) is 2.67. The first-order chi connectivity index (χ1) is 16.0. The van der Waals surface area contributed by atoms with Crippen LogP contribution in [0.5, 0.6) is 11.5 Å². The summed E-state index contributed by atoms with van der Waals surface area (Å²) in [7, 11) is 0. The van der Waals surface area contributed by atoms with E-state index in [0.29, 0.717) is 25.8 Å². The molecule has 2 aromatic rings. The molecule has 188 valence electrons. The van der Waals surface area contributed by atoms with Crippen molar-refractivity contribution < 1.29 is 142 Å². The zero-order valence-electron chi connectivity index (χ0n) is 20.4. The van der Waals surface area contributed by atoms with E-state index in [1.54, 1.807) is 36.4 Å². The van der Waals surface area contributed by atoms with Gasteiger partial charge in [0.2, 0.25) is 0 Å². The summed E-state index contributed by atoms with van der Waals surface area (Å²) in [5, 5.41) is 68.8. The number of rotatable bonds is 4. The third-order valence-corrected chi connectivity index (χ3v) is 2.67. The Hall–Kier alpha value is -0.662. The average molecular weight is 951 g/mol. The van der Waals surface area contributed by atoms with Crippen LogP contribution in [-0.2, 0) is 104 Å². The molecule has 12 nitrogen and oxygen atoms in total. The Morgan fingerprint density at radius 1 is 0.684 bits per heavy atom. The van der Waals surface area contributed by atoms with Crippen LogP contribution in [0.25, 0.3) is 0 Å². The predicted molar refractivity (Wildman–Crippen MR) is 113 cm³/mol. The van der Waals surface area contributed by atoms with Crippen molar-refractivity contribution in [3.63, 3.8) is 0 Å². The van der Waals surface area contributed by atoms with Gasteiger partial charge in [-0.1, -0.05) is 84.8 Å². The van der Waals surface area contributed by atoms with Crippen molar-refractivity contribution in [2.45, 2.75) is 12.8 Å². The second-order valence-electron chi connectivity index (χ2n) is 4.88. The van der Waals surface area contributed by atoms with Crippen LogP contribution in [0.4, 0.5) is 9.59 Å². The van der Waals surface area contributed by atoms with E-state index in [9.17, 15) is 10.2 Å². The summed E-state index contributed by atoms with van der Waals surface area (Å²) >= 11 is 0. The number of hydrogen-bond acceptors (Lipinski definition) is 10. The first-order valence-corrected chi connectivity index (χ1v) is 8.48. The summed E-state index contributed by atoms with van der Waals surface area (Å²) in [6.45, 7) is 8.12. The minimum Gasteiger partial charge on any atom is -0.872 e. The van der Waals surface area contributed by atoms with Gasteiger partial charge >= 0.3 is 131 Å². The van der Waals surface area contributed by atoms with Gasteiger partial charge in [0.1, 0.15) is 0 Å². The molecule has 0 spiro atoms. The van der Waals surface area contributed by atoms with Gasteiger partial charge in [-0.25, -0.2) is 0 Å². The predicted octanol–water partition coefficient (Wildman–Crippen LogP) is -3.08. The normalized spacial score (nSPS) is 6.74. The fraction of sp³-hybridized carbons (Fsp3) is 0.0909. The van der Waals surface area contributed by atoms with E-state index in [-0.39, 0.29) is 142 Å². The Balaban J connectivity index is -0.0000000503. The Bertz CT molecular complexity index is 778. The Morgan fingerprint density at radius 2 is 0.868 bits per heavy atom. The van der Waals surface area contributed by atoms with Crippen LogP contribution in [0.1, 0.15) is 11.1 Å². The largest absolute Gasteiger partial charge is 2.00 e. The fourth-order valence-electron chi connectivity index (χ4n) is 1.66. The van der Waals surface area contributed by atoms with Crippen LogP contribution >= 0.6 is 0 Å². The van der Waals surface area contributed by atoms with E-state index < -0.39 is 12.3 Å². The smallest absolute Gasteiger partial charge is 0.872 e. The summed E-state index contributed by atoms with van der Waals surface area (Å²) in [6, 6.07) is 14.0. The average Bonchev–Trinajstić information content (AvgIpc) is 2.73. The van der Waals surface area contributed by atoms with Crippen LogP contribution in [0, 0.1) is 0 Å². The maximum Gasteiger partial charge on any atom is 2.00 e. The molecular formula is C22H20BaCd3O12. The molecule has 0 heterocycles. The van der Waals surface area contributed by atoms with Gasteiger partial charge in [-0.15, -0.1) is 24.7 Å². The van der Waals surface area contributed by atoms with Gasteiger partial charge in [-0.05, 0) is 25.2 Å². The molecule has 0 saturated carbocycles. The molecular weight excluding hydrogens is 931 g/mol. The second-order valence-corrected chi connectivity index (χ2v) is 4.88. The topological polar surface area (TPSA) is 247 Å². The quantitative estimate of drug-likeness (QED) is 0.176. The molecule has 0 aromatic heterocycles. The maximum atomic E-state index is 11.0. The molecule has 2 rings (SSSR count). The van der Waals surface area contributed by atoms with E-state index in [4.69, 9.17) is 49.8 Å². The van der Waals surface area contributed by atoms with Gasteiger partial charge in [-0.2, -0.15) is 0 Å².